The Morgan fingerprint density at radius 3 is 1.80 bits per heavy atom. The largest absolute Gasteiger partial charge is 0.409 e. The van der Waals surface area contributed by atoms with Gasteiger partial charge in [-0.3, -0.25) is 4.79 Å². The maximum absolute atomic E-state index is 12.4. The van der Waals surface area contributed by atoms with Crippen molar-refractivity contribution in [3.05, 3.63) is 0 Å². The molecule has 1 amide bonds. The molecule has 118 valence electrons. The second kappa shape index (κ2) is 5.79. The number of nitrogens with zero attached hydrogens (tertiary/aromatic N) is 1. The third kappa shape index (κ3) is 4.00. The maximum atomic E-state index is 12.4. The molecule has 0 saturated carbocycles. The minimum absolute atomic E-state index is 0.186. The monoisotopic (exact) mass is 307 g/mol. The van der Waals surface area contributed by atoms with Gasteiger partial charge in [-0.1, -0.05) is 0 Å². The fourth-order valence-corrected chi connectivity index (χ4v) is 2.25. The third-order valence-electron chi connectivity index (χ3n) is 3.44. The van der Waals surface area contributed by atoms with E-state index >= 15 is 0 Å². The number of alkyl halides is 6. The number of aliphatic hydroxyl groups excluding tert-OH is 1. The highest BCUT2D eigenvalue weighted by molar-refractivity contribution is 5.80. The number of amides is 1. The molecule has 1 saturated heterocycles. The van der Waals surface area contributed by atoms with Gasteiger partial charge >= 0.3 is 12.4 Å². The van der Waals surface area contributed by atoms with Crippen LogP contribution < -0.4 is 0 Å². The highest BCUT2D eigenvalue weighted by atomic mass is 19.4. The van der Waals surface area contributed by atoms with Gasteiger partial charge < -0.3 is 10.0 Å². The van der Waals surface area contributed by atoms with Gasteiger partial charge in [0.1, 0.15) is 0 Å². The zero-order chi connectivity index (χ0) is 15.7. The SMILES string of the molecule is CC(O)C1CCN(C(=O)C(C(F)(F)F)C(F)(F)F)CC1. The molecule has 0 bridgehead atoms. The van der Waals surface area contributed by atoms with Crippen LogP contribution in [0.3, 0.4) is 0 Å². The zero-order valence-corrected chi connectivity index (χ0v) is 10.6. The predicted octanol–water partition coefficient (Wildman–Crippen LogP) is 2.35. The first-order valence-corrected chi connectivity index (χ1v) is 6.05. The summed E-state index contributed by atoms with van der Waals surface area (Å²) < 4.78 is 74.5. The van der Waals surface area contributed by atoms with E-state index in [1.165, 1.54) is 6.92 Å². The summed E-state index contributed by atoms with van der Waals surface area (Å²) in [5.41, 5.74) is 0. The quantitative estimate of drug-likeness (QED) is 0.796. The van der Waals surface area contributed by atoms with Gasteiger partial charge in [0.25, 0.3) is 0 Å². The number of rotatable bonds is 2. The molecular formula is C11H15F6NO2. The van der Waals surface area contributed by atoms with Gasteiger partial charge in [0.05, 0.1) is 6.10 Å². The summed E-state index contributed by atoms with van der Waals surface area (Å²) in [6.07, 6.45) is -11.6. The summed E-state index contributed by atoms with van der Waals surface area (Å²) in [6.45, 7) is 1.07. The topological polar surface area (TPSA) is 40.5 Å². The molecule has 0 aromatic heterocycles. The Hall–Kier alpha value is -0.990. The molecule has 1 fully saturated rings. The molecule has 0 radical (unpaired) electrons. The first-order valence-electron chi connectivity index (χ1n) is 6.05. The van der Waals surface area contributed by atoms with E-state index in [9.17, 15) is 36.2 Å². The smallest absolute Gasteiger partial charge is 0.393 e. The fraction of sp³-hybridized carbons (Fsp3) is 0.909. The van der Waals surface area contributed by atoms with Crippen molar-refractivity contribution in [2.75, 3.05) is 13.1 Å². The summed E-state index contributed by atoms with van der Waals surface area (Å²) in [7, 11) is 0. The molecule has 1 rings (SSSR count). The van der Waals surface area contributed by atoms with Crippen LogP contribution in [0.1, 0.15) is 19.8 Å². The lowest BCUT2D eigenvalue weighted by molar-refractivity contribution is -0.278. The number of halogens is 6. The van der Waals surface area contributed by atoms with Crippen molar-refractivity contribution in [1.82, 2.24) is 4.90 Å². The average Bonchev–Trinajstić information content (AvgIpc) is 2.25. The number of piperidine rings is 1. The molecule has 0 aromatic rings. The van der Waals surface area contributed by atoms with Crippen molar-refractivity contribution in [2.45, 2.75) is 38.2 Å². The van der Waals surface area contributed by atoms with Crippen LogP contribution in [0.2, 0.25) is 0 Å². The van der Waals surface area contributed by atoms with Crippen LogP contribution in [0.25, 0.3) is 0 Å². The second-order valence-corrected chi connectivity index (χ2v) is 4.92. The van der Waals surface area contributed by atoms with Crippen LogP contribution in [-0.4, -0.2) is 47.5 Å². The molecule has 1 heterocycles. The van der Waals surface area contributed by atoms with E-state index in [2.05, 4.69) is 0 Å². The standard InChI is InChI=1S/C11H15F6NO2/c1-6(19)7-2-4-18(5-3-7)9(20)8(10(12,13)14)11(15,16)17/h6-8,19H,2-5H2,1H3. The normalized spacial score (nSPS) is 20.4. The summed E-state index contributed by atoms with van der Waals surface area (Å²) in [6, 6.07) is 0. The number of carbonyl (C=O) groups excluding carboxylic acids is 1. The van der Waals surface area contributed by atoms with Crippen LogP contribution in [0.15, 0.2) is 0 Å². The number of aliphatic hydroxyl groups is 1. The molecule has 3 nitrogen and oxygen atoms in total. The van der Waals surface area contributed by atoms with Crippen molar-refractivity contribution in [3.8, 4) is 0 Å². The number of hydrogen-bond acceptors (Lipinski definition) is 2. The van der Waals surface area contributed by atoms with Gasteiger partial charge in [-0.25, -0.2) is 0 Å². The average molecular weight is 307 g/mol. The molecule has 0 aliphatic carbocycles. The molecule has 0 spiro atoms. The molecule has 20 heavy (non-hydrogen) atoms. The van der Waals surface area contributed by atoms with Crippen LogP contribution in [-0.2, 0) is 4.79 Å². The van der Waals surface area contributed by atoms with Gasteiger partial charge in [-0.05, 0) is 25.7 Å². The van der Waals surface area contributed by atoms with Gasteiger partial charge in [-0.2, -0.15) is 26.3 Å². The van der Waals surface area contributed by atoms with E-state index in [4.69, 9.17) is 0 Å². The first-order chi connectivity index (χ1) is 8.94. The highest BCUT2D eigenvalue weighted by Gasteiger charge is 2.62. The van der Waals surface area contributed by atoms with Gasteiger partial charge in [0.2, 0.25) is 11.8 Å². The number of hydrogen-bond donors (Lipinski definition) is 1. The summed E-state index contributed by atoms with van der Waals surface area (Å²) in [4.78, 5) is 12.1. The lowest BCUT2D eigenvalue weighted by atomic mass is 9.91. The van der Waals surface area contributed by atoms with E-state index in [-0.39, 0.29) is 31.8 Å². The number of likely N-dealkylation sites (tertiary alicyclic amines) is 1. The minimum Gasteiger partial charge on any atom is -0.393 e. The Labute approximate surface area is 111 Å². The van der Waals surface area contributed by atoms with Crippen LogP contribution in [0.5, 0.6) is 0 Å². The van der Waals surface area contributed by atoms with Crippen molar-refractivity contribution in [1.29, 1.82) is 0 Å². The molecule has 9 heteroatoms. The van der Waals surface area contributed by atoms with Crippen LogP contribution in [0, 0.1) is 11.8 Å². The molecule has 1 N–H and O–H groups in total. The van der Waals surface area contributed by atoms with Crippen LogP contribution in [0.4, 0.5) is 26.3 Å². The van der Waals surface area contributed by atoms with Crippen molar-refractivity contribution >= 4 is 5.91 Å². The van der Waals surface area contributed by atoms with E-state index < -0.39 is 30.3 Å². The molecule has 1 aliphatic rings. The van der Waals surface area contributed by atoms with Gasteiger partial charge in [-0.15, -0.1) is 0 Å². The Morgan fingerprint density at radius 2 is 1.50 bits per heavy atom. The molecule has 1 unspecified atom stereocenters. The lowest BCUT2D eigenvalue weighted by Gasteiger charge is -2.36. The molecule has 0 aromatic carbocycles. The third-order valence-corrected chi connectivity index (χ3v) is 3.44. The fourth-order valence-electron chi connectivity index (χ4n) is 2.25. The van der Waals surface area contributed by atoms with Crippen LogP contribution >= 0.6 is 0 Å². The first kappa shape index (κ1) is 17.1. The van der Waals surface area contributed by atoms with Crippen molar-refractivity contribution in [3.63, 3.8) is 0 Å². The molecular weight excluding hydrogens is 292 g/mol. The van der Waals surface area contributed by atoms with E-state index in [0.29, 0.717) is 4.90 Å². The van der Waals surface area contributed by atoms with E-state index in [0.717, 1.165) is 0 Å². The summed E-state index contributed by atoms with van der Waals surface area (Å²) >= 11 is 0. The molecule has 1 aliphatic heterocycles. The van der Waals surface area contributed by atoms with Gasteiger partial charge in [0, 0.05) is 13.1 Å². The highest BCUT2D eigenvalue weighted by Crippen LogP contribution is 2.40. The Kier molecular flexibility index (Phi) is 4.94. The van der Waals surface area contributed by atoms with Crippen molar-refractivity contribution in [2.24, 2.45) is 11.8 Å². The summed E-state index contributed by atoms with van der Waals surface area (Å²) in [5.74, 6) is -6.15. The van der Waals surface area contributed by atoms with Gasteiger partial charge in [0.15, 0.2) is 0 Å². The predicted molar refractivity (Wildman–Crippen MR) is 56.6 cm³/mol. The Morgan fingerprint density at radius 1 is 1.10 bits per heavy atom. The Bertz CT molecular complexity index is 330. The second-order valence-electron chi connectivity index (χ2n) is 4.92. The lowest BCUT2D eigenvalue weighted by Crippen LogP contribution is -2.52. The Balaban J connectivity index is 2.78. The minimum atomic E-state index is -5.66. The van der Waals surface area contributed by atoms with Crippen molar-refractivity contribution < 1.29 is 36.2 Å². The van der Waals surface area contributed by atoms with E-state index in [1.807, 2.05) is 0 Å². The molecule has 1 atom stereocenters. The zero-order valence-electron chi connectivity index (χ0n) is 10.6. The van der Waals surface area contributed by atoms with E-state index in [1.54, 1.807) is 0 Å². The summed E-state index contributed by atoms with van der Waals surface area (Å²) in [5, 5.41) is 9.31. The maximum Gasteiger partial charge on any atom is 0.409 e. The number of carbonyl (C=O) groups is 1.